The van der Waals surface area contributed by atoms with Crippen molar-refractivity contribution >= 4 is 29.8 Å². The number of benzene rings is 1. The summed E-state index contributed by atoms with van der Waals surface area (Å²) >= 11 is 0. The Morgan fingerprint density at radius 3 is 1.66 bits per heavy atom. The normalized spacial score (nSPS) is 31.7. The minimum atomic E-state index is -1.80. The molecule has 1 aromatic carbocycles. The first-order valence-corrected chi connectivity index (χ1v) is 13.9. The largest absolute Gasteiger partial charge is 0.456 e. The Hall–Kier alpha value is -3.63. The fourth-order valence-corrected chi connectivity index (χ4v) is 4.93. The Balaban J connectivity index is 1.91. The minimum absolute atomic E-state index is 0.0287. The van der Waals surface area contributed by atoms with Crippen molar-refractivity contribution in [3.8, 4) is 0 Å². The Labute approximate surface area is 253 Å². The fraction of sp³-hybridized carbons (Fsp3) is 0.621. The van der Waals surface area contributed by atoms with Crippen molar-refractivity contribution in [2.45, 2.75) is 110 Å². The molecule has 0 aliphatic carbocycles. The number of hydrogen-bond acceptors (Lipinski definition) is 15. The topological polar surface area (TPSA) is 189 Å². The Morgan fingerprint density at radius 2 is 1.11 bits per heavy atom. The molecule has 10 atom stereocenters. The molecular formula is C29H38O15. The molecule has 2 saturated heterocycles. The molecule has 2 fully saturated rings. The van der Waals surface area contributed by atoms with Gasteiger partial charge in [0, 0.05) is 34.6 Å². The van der Waals surface area contributed by atoms with Gasteiger partial charge in [-0.05, 0) is 12.5 Å². The van der Waals surface area contributed by atoms with Crippen LogP contribution in [0.5, 0.6) is 0 Å². The Morgan fingerprint density at radius 1 is 0.636 bits per heavy atom. The van der Waals surface area contributed by atoms with Gasteiger partial charge in [0.05, 0.1) is 19.3 Å². The average Bonchev–Trinajstić information content (AvgIpc) is 2.92. The van der Waals surface area contributed by atoms with Crippen LogP contribution in [-0.4, -0.2) is 103 Å². The number of rotatable bonds is 11. The number of esters is 5. The molecule has 0 unspecified atom stereocenters. The summed E-state index contributed by atoms with van der Waals surface area (Å²) < 4.78 is 50.6. The molecule has 2 aliphatic rings. The fourth-order valence-electron chi connectivity index (χ4n) is 4.93. The summed E-state index contributed by atoms with van der Waals surface area (Å²) in [6, 6.07) is 9.05. The molecule has 15 heteroatoms. The summed E-state index contributed by atoms with van der Waals surface area (Å²) in [5, 5.41) is 10.7. The van der Waals surface area contributed by atoms with Crippen LogP contribution in [0.2, 0.25) is 0 Å². The molecular weight excluding hydrogens is 588 g/mol. The maximum atomic E-state index is 12.1. The molecule has 1 aromatic rings. The van der Waals surface area contributed by atoms with E-state index in [1.165, 1.54) is 13.8 Å². The zero-order valence-electron chi connectivity index (χ0n) is 25.2. The van der Waals surface area contributed by atoms with E-state index in [4.69, 9.17) is 42.6 Å². The summed E-state index contributed by atoms with van der Waals surface area (Å²) in [4.78, 5) is 59.7. The van der Waals surface area contributed by atoms with E-state index in [-0.39, 0.29) is 6.61 Å². The molecule has 1 N–H and O–H groups in total. The third-order valence-corrected chi connectivity index (χ3v) is 6.56. The third kappa shape index (κ3) is 9.69. The van der Waals surface area contributed by atoms with Crippen molar-refractivity contribution < 1.29 is 71.7 Å². The highest BCUT2D eigenvalue weighted by Crippen LogP contribution is 2.32. The van der Waals surface area contributed by atoms with Gasteiger partial charge in [-0.15, -0.1) is 0 Å². The lowest BCUT2D eigenvalue weighted by Gasteiger charge is -2.45. The molecule has 0 amide bonds. The van der Waals surface area contributed by atoms with E-state index in [1.807, 2.05) is 18.2 Å². The number of aliphatic hydroxyl groups excluding tert-OH is 1. The molecule has 0 saturated carbocycles. The van der Waals surface area contributed by atoms with Crippen molar-refractivity contribution in [2.75, 3.05) is 6.61 Å². The number of aliphatic hydroxyl groups is 1. The standard InChI is InChI=1S/C29H38O15/c1-14-22(39-15(2)30)24(41-17(4)32)27(36-12-20-10-8-7-9-11-20)29(38-14)37-13-21-23(40-16(3)31)25(42-18(5)33)26(28(35)44-21)43-19(6)34/h7-11,14,21-29,35H,12-13H2,1-6H3/t14-,21+,22+,23+,24+,25-,26+,27-,28-,29+/m0/s1. The maximum Gasteiger partial charge on any atom is 0.303 e. The van der Waals surface area contributed by atoms with Crippen LogP contribution in [0.25, 0.3) is 0 Å². The molecule has 0 spiro atoms. The average molecular weight is 627 g/mol. The summed E-state index contributed by atoms with van der Waals surface area (Å²) in [6.07, 6.45) is -13.0. The second kappa shape index (κ2) is 15.9. The van der Waals surface area contributed by atoms with Gasteiger partial charge in [-0.2, -0.15) is 0 Å². The van der Waals surface area contributed by atoms with Gasteiger partial charge in [0.2, 0.25) is 0 Å². The highest BCUT2D eigenvalue weighted by molar-refractivity contribution is 5.69. The van der Waals surface area contributed by atoms with Crippen LogP contribution < -0.4 is 0 Å². The molecule has 0 aromatic heterocycles. The summed E-state index contributed by atoms with van der Waals surface area (Å²) in [5.41, 5.74) is 0.768. The quantitative estimate of drug-likeness (QED) is 0.267. The van der Waals surface area contributed by atoms with E-state index in [2.05, 4.69) is 0 Å². The molecule has 244 valence electrons. The van der Waals surface area contributed by atoms with E-state index in [0.717, 1.165) is 26.3 Å². The molecule has 3 rings (SSSR count). The lowest BCUT2D eigenvalue weighted by Crippen LogP contribution is -2.63. The third-order valence-electron chi connectivity index (χ3n) is 6.56. The lowest BCUT2D eigenvalue weighted by atomic mass is 9.97. The molecule has 2 aliphatic heterocycles. The van der Waals surface area contributed by atoms with Gasteiger partial charge in [0.15, 0.2) is 43.1 Å². The second-order valence-electron chi connectivity index (χ2n) is 10.2. The zero-order chi connectivity index (χ0) is 32.6. The second-order valence-corrected chi connectivity index (χ2v) is 10.2. The van der Waals surface area contributed by atoms with Crippen LogP contribution >= 0.6 is 0 Å². The predicted molar refractivity (Wildman–Crippen MR) is 144 cm³/mol. The molecule has 15 nitrogen and oxygen atoms in total. The maximum absolute atomic E-state index is 12.1. The lowest BCUT2D eigenvalue weighted by molar-refractivity contribution is -0.330. The Bertz CT molecular complexity index is 1160. The summed E-state index contributed by atoms with van der Waals surface area (Å²) in [7, 11) is 0. The molecule has 2 heterocycles. The van der Waals surface area contributed by atoms with Crippen LogP contribution in [0, 0.1) is 0 Å². The number of ether oxygens (including phenoxy) is 9. The Kier molecular flexibility index (Phi) is 12.6. The molecule has 0 bridgehead atoms. The first-order chi connectivity index (χ1) is 20.8. The zero-order valence-corrected chi connectivity index (χ0v) is 25.2. The molecule has 44 heavy (non-hydrogen) atoms. The summed E-state index contributed by atoms with van der Waals surface area (Å²) in [6.45, 7) is 6.81. The van der Waals surface area contributed by atoms with E-state index in [1.54, 1.807) is 19.1 Å². The first kappa shape index (κ1) is 34.9. The van der Waals surface area contributed by atoms with Crippen molar-refractivity contribution in [1.82, 2.24) is 0 Å². The van der Waals surface area contributed by atoms with Gasteiger partial charge < -0.3 is 47.7 Å². The van der Waals surface area contributed by atoms with Crippen LogP contribution in [0.15, 0.2) is 30.3 Å². The first-order valence-electron chi connectivity index (χ1n) is 13.9. The van der Waals surface area contributed by atoms with Gasteiger partial charge in [0.1, 0.15) is 12.2 Å². The highest BCUT2D eigenvalue weighted by Gasteiger charge is 2.53. The SMILES string of the molecule is CC(=O)O[C@@H]1[C@@H](OC(C)=O)[C@@H](O)O[C@H](CO[C@@H]2O[C@@H](C)[C@@H](OC(C)=O)[C@@H](OC(C)=O)[C@@H]2OCc2ccccc2)[C@H]1OC(C)=O. The smallest absolute Gasteiger partial charge is 0.303 e. The van der Waals surface area contributed by atoms with Crippen molar-refractivity contribution in [1.29, 1.82) is 0 Å². The monoisotopic (exact) mass is 626 g/mol. The van der Waals surface area contributed by atoms with Gasteiger partial charge >= 0.3 is 29.8 Å². The van der Waals surface area contributed by atoms with Crippen LogP contribution in [0.3, 0.4) is 0 Å². The van der Waals surface area contributed by atoms with E-state index in [9.17, 15) is 29.1 Å². The predicted octanol–water partition coefficient (Wildman–Crippen LogP) is 0.709. The van der Waals surface area contributed by atoms with E-state index in [0.29, 0.717) is 0 Å². The highest BCUT2D eigenvalue weighted by atomic mass is 16.7. The minimum Gasteiger partial charge on any atom is -0.456 e. The number of carbonyl (C=O) groups is 5. The van der Waals surface area contributed by atoms with Gasteiger partial charge in [-0.1, -0.05) is 30.3 Å². The van der Waals surface area contributed by atoms with Gasteiger partial charge in [0.25, 0.3) is 0 Å². The van der Waals surface area contributed by atoms with Gasteiger partial charge in [-0.3, -0.25) is 24.0 Å². The number of hydrogen-bond donors (Lipinski definition) is 1. The van der Waals surface area contributed by atoms with Crippen LogP contribution in [0.1, 0.15) is 47.1 Å². The van der Waals surface area contributed by atoms with Crippen LogP contribution in [-0.2, 0) is 73.2 Å². The van der Waals surface area contributed by atoms with Crippen molar-refractivity contribution in [2.24, 2.45) is 0 Å². The van der Waals surface area contributed by atoms with Crippen molar-refractivity contribution in [3.05, 3.63) is 35.9 Å². The van der Waals surface area contributed by atoms with Crippen LogP contribution in [0.4, 0.5) is 0 Å². The van der Waals surface area contributed by atoms with E-state index < -0.39 is 97.9 Å². The van der Waals surface area contributed by atoms with Crippen molar-refractivity contribution in [3.63, 3.8) is 0 Å². The molecule has 0 radical (unpaired) electrons. The number of carbonyl (C=O) groups excluding carboxylic acids is 5. The van der Waals surface area contributed by atoms with Gasteiger partial charge in [-0.25, -0.2) is 0 Å². The summed E-state index contributed by atoms with van der Waals surface area (Å²) in [5.74, 6) is -3.73. The van der Waals surface area contributed by atoms with E-state index >= 15 is 0 Å².